The van der Waals surface area contributed by atoms with E-state index in [0.717, 1.165) is 24.9 Å². The number of sulfonamides is 2. The fourth-order valence-corrected chi connectivity index (χ4v) is 7.78. The molecule has 0 spiro atoms. The van der Waals surface area contributed by atoms with Crippen LogP contribution in [0.4, 0.5) is 0 Å². The summed E-state index contributed by atoms with van der Waals surface area (Å²) in [6, 6.07) is 5.80. The second-order valence-corrected chi connectivity index (χ2v) is 13.0. The van der Waals surface area contributed by atoms with Crippen LogP contribution in [0.3, 0.4) is 0 Å². The summed E-state index contributed by atoms with van der Waals surface area (Å²) in [5, 5.41) is 3.15. The van der Waals surface area contributed by atoms with E-state index in [1.54, 1.807) is 13.0 Å². The quantitative estimate of drug-likeness (QED) is 0.568. The van der Waals surface area contributed by atoms with Gasteiger partial charge in [-0.3, -0.25) is 4.90 Å². The van der Waals surface area contributed by atoms with Crippen molar-refractivity contribution in [3.05, 3.63) is 29.3 Å². The normalized spacial score (nSPS) is 21.8. The van der Waals surface area contributed by atoms with Gasteiger partial charge in [-0.2, -0.15) is 8.61 Å². The zero-order valence-electron chi connectivity index (χ0n) is 19.6. The van der Waals surface area contributed by atoms with Crippen LogP contribution < -0.4 is 5.32 Å². The molecule has 8 nitrogen and oxygen atoms in total. The van der Waals surface area contributed by atoms with E-state index in [9.17, 15) is 16.8 Å². The molecule has 1 aromatic rings. The molecule has 10 heteroatoms. The van der Waals surface area contributed by atoms with E-state index in [-0.39, 0.29) is 23.7 Å². The van der Waals surface area contributed by atoms with Gasteiger partial charge in [0.15, 0.2) is 0 Å². The molecule has 2 aliphatic rings. The highest BCUT2D eigenvalue weighted by Gasteiger charge is 2.31. The van der Waals surface area contributed by atoms with Gasteiger partial charge in [-0.25, -0.2) is 16.8 Å². The monoisotopic (exact) mass is 486 g/mol. The van der Waals surface area contributed by atoms with Gasteiger partial charge in [0.1, 0.15) is 0 Å². The Kier molecular flexibility index (Phi) is 8.73. The Morgan fingerprint density at radius 2 is 1.75 bits per heavy atom. The molecule has 1 unspecified atom stereocenters. The van der Waals surface area contributed by atoms with E-state index in [4.69, 9.17) is 0 Å². The first-order chi connectivity index (χ1) is 15.1. The minimum absolute atomic E-state index is 0.0375. The van der Waals surface area contributed by atoms with Gasteiger partial charge in [-0.1, -0.05) is 18.6 Å². The lowest BCUT2D eigenvalue weighted by Gasteiger charge is -2.35. The van der Waals surface area contributed by atoms with Crippen LogP contribution in [0.1, 0.15) is 37.3 Å². The predicted octanol–water partition coefficient (Wildman–Crippen LogP) is 1.40. The van der Waals surface area contributed by atoms with Gasteiger partial charge >= 0.3 is 0 Å². The maximum Gasteiger partial charge on any atom is 0.243 e. The standard InChI is InChI=1S/C22H38N4O4S2/c1-19-7-8-20(2)22(18-19)32(29,30)26(15-14-24-11-5-4-6-21(24)3)16-17-31(27,28)25-12-9-23-10-13-25/h7-8,18,21,23H,4-6,9-17H2,1-3H3. The molecule has 2 heterocycles. The highest BCUT2D eigenvalue weighted by molar-refractivity contribution is 7.90. The predicted molar refractivity (Wildman–Crippen MR) is 128 cm³/mol. The van der Waals surface area contributed by atoms with Crippen LogP contribution in [0, 0.1) is 13.8 Å². The Bertz CT molecular complexity index is 976. The van der Waals surface area contributed by atoms with Crippen LogP contribution in [0.15, 0.2) is 23.1 Å². The Hall–Kier alpha value is -1.04. The Balaban J connectivity index is 1.80. The summed E-state index contributed by atoms with van der Waals surface area (Å²) in [6.45, 7) is 9.75. The molecule has 182 valence electrons. The smallest absolute Gasteiger partial charge is 0.243 e. The molecule has 1 atom stereocenters. The highest BCUT2D eigenvalue weighted by Crippen LogP contribution is 2.23. The van der Waals surface area contributed by atoms with Crippen molar-refractivity contribution in [2.75, 3.05) is 58.1 Å². The first-order valence-corrected chi connectivity index (χ1v) is 14.7. The molecule has 1 aromatic carbocycles. The number of nitrogens with one attached hydrogen (secondary N) is 1. The van der Waals surface area contributed by atoms with Crippen LogP contribution in [0.25, 0.3) is 0 Å². The molecular formula is C22H38N4O4S2. The number of benzene rings is 1. The van der Waals surface area contributed by atoms with Crippen LogP contribution in [-0.2, 0) is 20.0 Å². The third-order valence-corrected chi connectivity index (χ3v) is 10.5. The maximum absolute atomic E-state index is 13.6. The molecule has 2 fully saturated rings. The van der Waals surface area contributed by atoms with Gasteiger partial charge in [-0.15, -0.1) is 0 Å². The lowest BCUT2D eigenvalue weighted by atomic mass is 10.0. The first kappa shape index (κ1) is 25.6. The Morgan fingerprint density at radius 3 is 2.44 bits per heavy atom. The molecule has 0 saturated carbocycles. The summed E-state index contributed by atoms with van der Waals surface area (Å²) < 4.78 is 55.9. The average Bonchev–Trinajstić information content (AvgIpc) is 2.77. The molecule has 0 amide bonds. The van der Waals surface area contributed by atoms with Gasteiger partial charge < -0.3 is 5.32 Å². The van der Waals surface area contributed by atoms with Gasteiger partial charge in [-0.05, 0) is 57.4 Å². The molecule has 2 aliphatic heterocycles. The molecule has 0 bridgehead atoms. The second kappa shape index (κ2) is 10.9. The summed E-state index contributed by atoms with van der Waals surface area (Å²) >= 11 is 0. The summed E-state index contributed by atoms with van der Waals surface area (Å²) in [5.74, 6) is -0.202. The van der Waals surface area contributed by atoms with Gasteiger partial charge in [0.25, 0.3) is 0 Å². The highest BCUT2D eigenvalue weighted by atomic mass is 32.2. The number of likely N-dealkylation sites (tertiary alicyclic amines) is 1. The van der Waals surface area contributed by atoms with Gasteiger partial charge in [0.05, 0.1) is 10.6 Å². The van der Waals surface area contributed by atoms with Gasteiger partial charge in [0, 0.05) is 51.9 Å². The van der Waals surface area contributed by atoms with E-state index >= 15 is 0 Å². The number of aryl methyl sites for hydroxylation is 2. The van der Waals surface area contributed by atoms with E-state index in [2.05, 4.69) is 17.1 Å². The summed E-state index contributed by atoms with van der Waals surface area (Å²) in [6.07, 6.45) is 3.43. The van der Waals surface area contributed by atoms with Crippen LogP contribution in [-0.4, -0.2) is 94.5 Å². The van der Waals surface area contributed by atoms with Crippen molar-refractivity contribution in [2.24, 2.45) is 0 Å². The molecule has 32 heavy (non-hydrogen) atoms. The van der Waals surface area contributed by atoms with Crippen LogP contribution in [0.5, 0.6) is 0 Å². The summed E-state index contributed by atoms with van der Waals surface area (Å²) in [4.78, 5) is 2.59. The lowest BCUT2D eigenvalue weighted by molar-refractivity contribution is 0.152. The molecule has 0 aliphatic carbocycles. The topological polar surface area (TPSA) is 90.0 Å². The van der Waals surface area contributed by atoms with E-state index in [1.165, 1.54) is 15.0 Å². The van der Waals surface area contributed by atoms with Crippen molar-refractivity contribution in [2.45, 2.75) is 51.0 Å². The van der Waals surface area contributed by atoms with Crippen molar-refractivity contribution in [3.8, 4) is 0 Å². The van der Waals surface area contributed by atoms with E-state index in [1.807, 2.05) is 19.1 Å². The number of piperazine rings is 1. The summed E-state index contributed by atoms with van der Waals surface area (Å²) in [5.41, 5.74) is 1.55. The van der Waals surface area contributed by atoms with E-state index < -0.39 is 20.0 Å². The molecule has 1 N–H and O–H groups in total. The zero-order chi connectivity index (χ0) is 23.4. The van der Waals surface area contributed by atoms with E-state index in [0.29, 0.717) is 44.3 Å². The molecule has 0 aromatic heterocycles. The maximum atomic E-state index is 13.6. The number of rotatable bonds is 9. The second-order valence-electron chi connectivity index (χ2n) is 9.02. The van der Waals surface area contributed by atoms with Crippen molar-refractivity contribution in [3.63, 3.8) is 0 Å². The minimum atomic E-state index is -3.81. The lowest BCUT2D eigenvalue weighted by Crippen LogP contribution is -2.49. The van der Waals surface area contributed by atoms with Crippen molar-refractivity contribution < 1.29 is 16.8 Å². The first-order valence-electron chi connectivity index (χ1n) is 11.6. The van der Waals surface area contributed by atoms with Crippen LogP contribution >= 0.6 is 0 Å². The Labute approximate surface area is 194 Å². The molecule has 3 rings (SSSR count). The largest absolute Gasteiger partial charge is 0.314 e. The zero-order valence-corrected chi connectivity index (χ0v) is 21.2. The molecule has 0 radical (unpaired) electrons. The average molecular weight is 487 g/mol. The third kappa shape index (κ3) is 6.30. The van der Waals surface area contributed by atoms with Crippen molar-refractivity contribution in [1.82, 2.24) is 18.8 Å². The number of hydrogen-bond acceptors (Lipinski definition) is 6. The SMILES string of the molecule is Cc1ccc(C)c(S(=O)(=O)N(CCN2CCCCC2C)CCS(=O)(=O)N2CCNCC2)c1. The fourth-order valence-electron chi connectivity index (χ4n) is 4.48. The fraction of sp³-hybridized carbons (Fsp3) is 0.727. The number of hydrogen-bond donors (Lipinski definition) is 1. The Morgan fingerprint density at radius 1 is 1.03 bits per heavy atom. The number of piperidine rings is 1. The van der Waals surface area contributed by atoms with Crippen molar-refractivity contribution in [1.29, 1.82) is 0 Å². The third-order valence-electron chi connectivity index (χ3n) is 6.61. The minimum Gasteiger partial charge on any atom is -0.314 e. The van der Waals surface area contributed by atoms with Crippen LogP contribution in [0.2, 0.25) is 0 Å². The molecular weight excluding hydrogens is 448 g/mol. The molecule has 2 saturated heterocycles. The summed E-state index contributed by atoms with van der Waals surface area (Å²) in [7, 11) is -7.33. The van der Waals surface area contributed by atoms with Crippen molar-refractivity contribution >= 4 is 20.0 Å². The number of nitrogens with zero attached hydrogens (tertiary/aromatic N) is 3. The van der Waals surface area contributed by atoms with Gasteiger partial charge in [0.2, 0.25) is 20.0 Å².